The van der Waals surface area contributed by atoms with Crippen LogP contribution in [0.3, 0.4) is 0 Å². The van der Waals surface area contributed by atoms with E-state index in [9.17, 15) is 33.2 Å². The van der Waals surface area contributed by atoms with E-state index in [-0.39, 0.29) is 22.3 Å². The van der Waals surface area contributed by atoms with Crippen LogP contribution in [-0.4, -0.2) is 25.9 Å². The molecule has 0 bridgehead atoms. The van der Waals surface area contributed by atoms with Gasteiger partial charge in [0.25, 0.3) is 11.2 Å². The minimum atomic E-state index is -4.86. The Morgan fingerprint density at radius 1 is 1.31 bits per heavy atom. The molecule has 8 nitrogen and oxygen atoms in total. The lowest BCUT2D eigenvalue weighted by atomic mass is 10.1. The van der Waals surface area contributed by atoms with Gasteiger partial charge in [-0.05, 0) is 30.7 Å². The number of aromatic nitrogens is 2. The summed E-state index contributed by atoms with van der Waals surface area (Å²) in [6, 6.07) is 6.85. The quantitative estimate of drug-likeness (QED) is 0.512. The summed E-state index contributed by atoms with van der Waals surface area (Å²) in [5, 5.41) is 20.7. The highest BCUT2D eigenvalue weighted by Gasteiger charge is 2.31. The average Bonchev–Trinajstić information content (AvgIpc) is 2.65. The fourth-order valence-electron chi connectivity index (χ4n) is 3.10. The normalized spacial score (nSPS) is 12.7. The van der Waals surface area contributed by atoms with Gasteiger partial charge in [0, 0.05) is 6.07 Å². The number of halogens is 3. The maximum Gasteiger partial charge on any atom is 0.573 e. The molecule has 0 saturated heterocycles. The highest BCUT2D eigenvalue weighted by Crippen LogP contribution is 2.30. The van der Waals surface area contributed by atoms with Crippen LogP contribution in [0.1, 0.15) is 24.1 Å². The van der Waals surface area contributed by atoms with Crippen molar-refractivity contribution in [3.63, 3.8) is 0 Å². The fraction of sp³-hybridized carbons (Fsp3) is 0.222. The Bertz CT molecular complexity index is 1140. The topological polar surface area (TPSA) is 107 Å². The molecule has 0 aliphatic heterocycles. The van der Waals surface area contributed by atoms with Crippen LogP contribution in [-0.2, 0) is 6.61 Å². The third-order valence-corrected chi connectivity index (χ3v) is 4.35. The molecule has 0 spiro atoms. The predicted octanol–water partition coefficient (Wildman–Crippen LogP) is 3.30. The van der Waals surface area contributed by atoms with Gasteiger partial charge in [0.1, 0.15) is 5.75 Å². The number of nitrogens with zero attached hydrogens (tertiary/aromatic N) is 3. The molecule has 1 aromatic heterocycles. The molecule has 0 aliphatic carbocycles. The van der Waals surface area contributed by atoms with Crippen molar-refractivity contribution in [2.75, 3.05) is 0 Å². The number of aliphatic hydroxyl groups is 1. The van der Waals surface area contributed by atoms with E-state index in [2.05, 4.69) is 9.72 Å². The van der Waals surface area contributed by atoms with Gasteiger partial charge >= 0.3 is 6.36 Å². The Morgan fingerprint density at radius 2 is 2.03 bits per heavy atom. The second-order valence-corrected chi connectivity index (χ2v) is 6.11. The maximum absolute atomic E-state index is 12.5. The number of rotatable bonds is 5. The van der Waals surface area contributed by atoms with Gasteiger partial charge in [-0.1, -0.05) is 12.1 Å². The third kappa shape index (κ3) is 4.04. The Hall–Kier alpha value is -3.47. The van der Waals surface area contributed by atoms with Crippen LogP contribution in [0.25, 0.3) is 11.0 Å². The number of fused-ring (bicyclic) bond motifs is 1. The van der Waals surface area contributed by atoms with E-state index < -0.39 is 35.2 Å². The van der Waals surface area contributed by atoms with E-state index in [4.69, 9.17) is 0 Å². The Kier molecular flexibility index (Phi) is 5.25. The van der Waals surface area contributed by atoms with Gasteiger partial charge in [0.05, 0.1) is 40.4 Å². The molecule has 3 aromatic rings. The van der Waals surface area contributed by atoms with Crippen LogP contribution in [0.4, 0.5) is 18.9 Å². The number of alkyl halides is 3. The Labute approximate surface area is 160 Å². The molecule has 0 amide bonds. The molecule has 0 fully saturated rings. The summed E-state index contributed by atoms with van der Waals surface area (Å²) in [6.07, 6.45) is -3.92. The van der Waals surface area contributed by atoms with Gasteiger partial charge < -0.3 is 9.84 Å². The lowest BCUT2D eigenvalue weighted by Gasteiger charge is -2.19. The zero-order valence-electron chi connectivity index (χ0n) is 14.9. The molecular weight excluding hydrogens is 395 g/mol. The van der Waals surface area contributed by atoms with E-state index in [0.717, 1.165) is 24.4 Å². The van der Waals surface area contributed by atoms with E-state index in [0.29, 0.717) is 5.56 Å². The van der Waals surface area contributed by atoms with Crippen molar-refractivity contribution >= 4 is 16.7 Å². The van der Waals surface area contributed by atoms with Crippen molar-refractivity contribution in [1.29, 1.82) is 0 Å². The summed E-state index contributed by atoms with van der Waals surface area (Å²) in [4.78, 5) is 26.9. The van der Waals surface area contributed by atoms with Crippen LogP contribution in [0, 0.1) is 10.1 Å². The van der Waals surface area contributed by atoms with Crippen molar-refractivity contribution in [1.82, 2.24) is 9.55 Å². The first-order chi connectivity index (χ1) is 13.6. The number of nitro benzene ring substituents is 1. The molecule has 1 heterocycles. The Morgan fingerprint density at radius 3 is 2.66 bits per heavy atom. The van der Waals surface area contributed by atoms with Gasteiger partial charge in [-0.2, -0.15) is 0 Å². The molecule has 0 radical (unpaired) electrons. The number of hydrogen-bond donors (Lipinski definition) is 1. The van der Waals surface area contributed by atoms with Crippen molar-refractivity contribution < 1.29 is 27.9 Å². The van der Waals surface area contributed by atoms with Gasteiger partial charge in [-0.3, -0.25) is 19.5 Å². The lowest BCUT2D eigenvalue weighted by molar-refractivity contribution is -0.385. The maximum atomic E-state index is 12.5. The smallest absolute Gasteiger partial charge is 0.406 e. The first kappa shape index (κ1) is 20.3. The molecule has 29 heavy (non-hydrogen) atoms. The molecule has 3 rings (SSSR count). The number of ether oxygens (including phenoxy) is 1. The van der Waals surface area contributed by atoms with Crippen LogP contribution >= 0.6 is 0 Å². The second kappa shape index (κ2) is 7.51. The summed E-state index contributed by atoms with van der Waals surface area (Å²) in [6.45, 7) is 0.899. The molecule has 1 N–H and O–H groups in total. The standard InChI is InChI=1S/C18H14F3N3O5/c1-10(11-3-2-4-12(7-11)29-18(19,20)21)23-15-6-5-14(24(27)28)13(9-25)17(15)22-8-16(23)26/h2-8,10,25H,9H2,1H3/t10-/m0/s1. The number of aliphatic hydroxyl groups excluding tert-OH is 1. The molecule has 0 unspecified atom stereocenters. The van der Waals surface area contributed by atoms with Crippen molar-refractivity contribution in [2.45, 2.75) is 25.9 Å². The predicted molar refractivity (Wildman–Crippen MR) is 95.5 cm³/mol. The SMILES string of the molecule is C[C@@H](c1cccc(OC(F)(F)F)c1)n1c(=O)cnc2c(CO)c([N+](=O)[O-])ccc21. The molecule has 11 heteroatoms. The average molecular weight is 409 g/mol. The first-order valence-electron chi connectivity index (χ1n) is 8.26. The van der Waals surface area contributed by atoms with E-state index in [1.165, 1.54) is 22.8 Å². The van der Waals surface area contributed by atoms with E-state index in [1.807, 2.05) is 0 Å². The first-order valence-corrected chi connectivity index (χ1v) is 8.26. The number of benzene rings is 2. The highest BCUT2D eigenvalue weighted by molar-refractivity contribution is 5.82. The van der Waals surface area contributed by atoms with Crippen LogP contribution in [0.15, 0.2) is 47.4 Å². The lowest BCUT2D eigenvalue weighted by Crippen LogP contribution is -2.25. The summed E-state index contributed by atoms with van der Waals surface area (Å²) >= 11 is 0. The van der Waals surface area contributed by atoms with Crippen LogP contribution in [0.5, 0.6) is 5.75 Å². The van der Waals surface area contributed by atoms with E-state index >= 15 is 0 Å². The van der Waals surface area contributed by atoms with Crippen molar-refractivity contribution in [3.05, 3.63) is 74.2 Å². The van der Waals surface area contributed by atoms with Gasteiger partial charge in [-0.15, -0.1) is 13.2 Å². The van der Waals surface area contributed by atoms with Crippen LogP contribution < -0.4 is 10.3 Å². The molecule has 152 valence electrons. The zero-order valence-corrected chi connectivity index (χ0v) is 14.9. The highest BCUT2D eigenvalue weighted by atomic mass is 19.4. The van der Waals surface area contributed by atoms with Crippen LogP contribution in [0.2, 0.25) is 0 Å². The summed E-state index contributed by atoms with van der Waals surface area (Å²) < 4.78 is 42.6. The van der Waals surface area contributed by atoms with Crippen molar-refractivity contribution in [3.8, 4) is 5.75 Å². The fourth-order valence-corrected chi connectivity index (χ4v) is 3.10. The van der Waals surface area contributed by atoms with Gasteiger partial charge in [0.15, 0.2) is 0 Å². The number of hydrogen-bond acceptors (Lipinski definition) is 6. The molecule has 1 atom stereocenters. The largest absolute Gasteiger partial charge is 0.573 e. The summed E-state index contributed by atoms with van der Waals surface area (Å²) in [5.74, 6) is -0.444. The second-order valence-electron chi connectivity index (χ2n) is 6.11. The van der Waals surface area contributed by atoms with Gasteiger partial charge in [0.2, 0.25) is 0 Å². The third-order valence-electron chi connectivity index (χ3n) is 4.35. The monoisotopic (exact) mass is 409 g/mol. The molecule has 0 aliphatic rings. The van der Waals surface area contributed by atoms with Gasteiger partial charge in [-0.25, -0.2) is 4.98 Å². The minimum absolute atomic E-state index is 0.0517. The van der Waals surface area contributed by atoms with E-state index in [1.54, 1.807) is 6.92 Å². The minimum Gasteiger partial charge on any atom is -0.406 e. The zero-order chi connectivity index (χ0) is 21.3. The summed E-state index contributed by atoms with van der Waals surface area (Å²) in [7, 11) is 0. The number of nitro groups is 1. The summed E-state index contributed by atoms with van der Waals surface area (Å²) in [5.41, 5.74) is -0.402. The Balaban J connectivity index is 2.17. The molecule has 2 aromatic carbocycles. The van der Waals surface area contributed by atoms with Crippen molar-refractivity contribution in [2.24, 2.45) is 0 Å². The molecular formula is C18H14F3N3O5. The molecule has 0 saturated carbocycles.